The number of ether oxygens (including phenoxy) is 2. The molecule has 2 amide bonds. The van der Waals surface area contributed by atoms with Crippen molar-refractivity contribution in [1.29, 1.82) is 0 Å². The monoisotopic (exact) mass is 651 g/mol. The number of hydrogen-bond acceptors (Lipinski definition) is 7. The molecular weight excluding hydrogens is 606 g/mol. The fourth-order valence-corrected chi connectivity index (χ4v) is 6.49. The number of carbonyl (C=O) groups is 2. The van der Waals surface area contributed by atoms with E-state index in [0.29, 0.717) is 30.9 Å². The summed E-state index contributed by atoms with van der Waals surface area (Å²) in [7, 11) is -2.17. The van der Waals surface area contributed by atoms with E-state index >= 15 is 0 Å². The highest BCUT2D eigenvalue weighted by Gasteiger charge is 2.31. The van der Waals surface area contributed by atoms with E-state index in [-0.39, 0.29) is 53.3 Å². The van der Waals surface area contributed by atoms with Gasteiger partial charge in [0.1, 0.15) is 5.75 Å². The van der Waals surface area contributed by atoms with Gasteiger partial charge in [0.2, 0.25) is 0 Å². The lowest BCUT2D eigenvalue weighted by atomic mass is 10.0. The first-order valence-corrected chi connectivity index (χ1v) is 17.2. The Kier molecular flexibility index (Phi) is 12.2. The lowest BCUT2D eigenvalue weighted by Gasteiger charge is -2.36. The van der Waals surface area contributed by atoms with E-state index in [0.717, 1.165) is 12.8 Å². The summed E-state index contributed by atoms with van der Waals surface area (Å²) in [4.78, 5) is 30.8. The number of aliphatic hydroxyl groups excluding tert-OH is 1. The molecule has 46 heavy (non-hydrogen) atoms. The third-order valence-corrected chi connectivity index (χ3v) is 9.58. The van der Waals surface area contributed by atoms with Gasteiger partial charge in [-0.2, -0.15) is 0 Å². The Bertz CT molecular complexity index is 1550. The highest BCUT2D eigenvalue weighted by molar-refractivity contribution is 7.92. The van der Waals surface area contributed by atoms with E-state index in [4.69, 9.17) is 9.47 Å². The first-order valence-electron chi connectivity index (χ1n) is 15.7. The topological polar surface area (TPSA) is 125 Å². The number of nitrogens with one attached hydrogen (secondary N) is 1. The first kappa shape index (κ1) is 34.9. The van der Waals surface area contributed by atoms with Crippen LogP contribution in [0.3, 0.4) is 0 Å². The summed E-state index contributed by atoms with van der Waals surface area (Å²) >= 11 is 0. The number of anilines is 1. The molecule has 2 N–H and O–H groups in total. The maximum atomic E-state index is 14.3. The van der Waals surface area contributed by atoms with Gasteiger partial charge in [0, 0.05) is 43.9 Å². The molecule has 11 heteroatoms. The van der Waals surface area contributed by atoms with Crippen LogP contribution in [0.4, 0.5) is 5.69 Å². The number of sulfonamides is 1. The molecule has 4 rings (SSSR count). The standard InChI is InChI=1S/C35H45N3O7S/c1-25-22-38(26(2)24-39)35(41)31-21-29(36-46(42,43)30-16-9-6-10-17-30)18-19-32(31)45-27(3)13-11-12-20-44-33(25)23-37(4)34(40)28-14-7-5-8-15-28/h5-10,14-19,21,25-27,33,36,39H,11-13,20,22-24H2,1-4H3/t25-,26-,27-,33+/m1/s1. The largest absolute Gasteiger partial charge is 0.490 e. The zero-order valence-electron chi connectivity index (χ0n) is 27.0. The van der Waals surface area contributed by atoms with Crippen LogP contribution in [0.25, 0.3) is 0 Å². The molecule has 1 heterocycles. The minimum Gasteiger partial charge on any atom is -0.490 e. The van der Waals surface area contributed by atoms with E-state index in [1.807, 2.05) is 32.0 Å². The highest BCUT2D eigenvalue weighted by atomic mass is 32.2. The molecule has 248 valence electrons. The Morgan fingerprint density at radius 1 is 1.04 bits per heavy atom. The van der Waals surface area contributed by atoms with Crippen molar-refractivity contribution in [3.8, 4) is 5.75 Å². The quantitative estimate of drug-likeness (QED) is 0.349. The third kappa shape index (κ3) is 9.08. The van der Waals surface area contributed by atoms with E-state index in [9.17, 15) is 23.1 Å². The van der Waals surface area contributed by atoms with E-state index in [1.54, 1.807) is 66.2 Å². The molecule has 0 unspecified atom stereocenters. The van der Waals surface area contributed by atoms with Crippen molar-refractivity contribution in [3.05, 3.63) is 90.0 Å². The molecule has 0 saturated carbocycles. The summed E-state index contributed by atoms with van der Waals surface area (Å²) in [6.07, 6.45) is 1.71. The average molecular weight is 652 g/mol. The second-order valence-electron chi connectivity index (χ2n) is 12.0. The molecule has 0 aromatic heterocycles. The molecule has 0 saturated heterocycles. The molecule has 0 aliphatic carbocycles. The first-order chi connectivity index (χ1) is 22.0. The van der Waals surface area contributed by atoms with Crippen molar-refractivity contribution in [2.75, 3.05) is 38.1 Å². The van der Waals surface area contributed by atoms with Crippen LogP contribution in [0.15, 0.2) is 83.8 Å². The third-order valence-electron chi connectivity index (χ3n) is 8.18. The smallest absolute Gasteiger partial charge is 0.261 e. The van der Waals surface area contributed by atoms with Gasteiger partial charge >= 0.3 is 0 Å². The number of benzene rings is 3. The van der Waals surface area contributed by atoms with Crippen LogP contribution in [0, 0.1) is 5.92 Å². The summed E-state index contributed by atoms with van der Waals surface area (Å²) in [5.74, 6) is -0.435. The van der Waals surface area contributed by atoms with E-state index < -0.39 is 22.0 Å². The summed E-state index contributed by atoms with van der Waals surface area (Å²) in [5, 5.41) is 10.2. The number of hydrogen-bond donors (Lipinski definition) is 2. The Morgan fingerprint density at radius 2 is 1.72 bits per heavy atom. The number of carbonyl (C=O) groups excluding carboxylic acids is 2. The molecule has 0 spiro atoms. The van der Waals surface area contributed by atoms with Crippen LogP contribution in [0.5, 0.6) is 5.75 Å². The summed E-state index contributed by atoms with van der Waals surface area (Å²) < 4.78 is 41.4. The maximum Gasteiger partial charge on any atom is 0.261 e. The Morgan fingerprint density at radius 3 is 2.39 bits per heavy atom. The molecule has 1 aliphatic rings. The molecule has 10 nitrogen and oxygen atoms in total. The van der Waals surface area contributed by atoms with Gasteiger partial charge in [-0.15, -0.1) is 0 Å². The number of amides is 2. The van der Waals surface area contributed by atoms with Gasteiger partial charge in [-0.05, 0) is 75.6 Å². The number of nitrogens with zero attached hydrogens (tertiary/aromatic N) is 2. The second-order valence-corrected chi connectivity index (χ2v) is 13.7. The highest BCUT2D eigenvalue weighted by Crippen LogP contribution is 2.29. The van der Waals surface area contributed by atoms with E-state index in [2.05, 4.69) is 4.72 Å². The number of likely N-dealkylation sites (N-methyl/N-ethyl adjacent to an activating group) is 1. The molecule has 1 aliphatic heterocycles. The molecular formula is C35H45N3O7S. The average Bonchev–Trinajstić information content (AvgIpc) is 3.06. The van der Waals surface area contributed by atoms with E-state index in [1.165, 1.54) is 18.2 Å². The lowest BCUT2D eigenvalue weighted by Crippen LogP contribution is -2.48. The van der Waals surface area contributed by atoms with Gasteiger partial charge in [0.25, 0.3) is 21.8 Å². The van der Waals surface area contributed by atoms with Gasteiger partial charge in [-0.25, -0.2) is 8.42 Å². The predicted octanol–water partition coefficient (Wildman–Crippen LogP) is 5.06. The Balaban J connectivity index is 1.66. The van der Waals surface area contributed by atoms with Gasteiger partial charge < -0.3 is 24.4 Å². The minimum absolute atomic E-state index is 0.0948. The molecule has 4 atom stereocenters. The van der Waals surface area contributed by atoms with Crippen molar-refractivity contribution in [2.45, 2.75) is 63.2 Å². The van der Waals surface area contributed by atoms with Crippen LogP contribution >= 0.6 is 0 Å². The Labute approximate surface area is 272 Å². The number of aliphatic hydroxyl groups is 1. The summed E-state index contributed by atoms with van der Waals surface area (Å²) in [6, 6.07) is 21.1. The summed E-state index contributed by atoms with van der Waals surface area (Å²) in [6.45, 7) is 6.37. The van der Waals surface area contributed by atoms with Crippen molar-refractivity contribution < 1.29 is 32.6 Å². The van der Waals surface area contributed by atoms with Crippen LogP contribution in [-0.4, -0.2) is 86.7 Å². The molecule has 3 aromatic rings. The van der Waals surface area contributed by atoms with Crippen LogP contribution in [0.2, 0.25) is 0 Å². The van der Waals surface area contributed by atoms with Crippen molar-refractivity contribution in [2.24, 2.45) is 5.92 Å². The predicted molar refractivity (Wildman–Crippen MR) is 178 cm³/mol. The fourth-order valence-electron chi connectivity index (χ4n) is 5.42. The summed E-state index contributed by atoms with van der Waals surface area (Å²) in [5.41, 5.74) is 0.965. The zero-order valence-corrected chi connectivity index (χ0v) is 27.8. The fraction of sp³-hybridized carbons (Fsp3) is 0.429. The Hall–Kier alpha value is -3.93. The number of rotatable bonds is 8. The minimum atomic E-state index is -3.91. The van der Waals surface area contributed by atoms with Crippen molar-refractivity contribution in [3.63, 3.8) is 0 Å². The van der Waals surface area contributed by atoms with Gasteiger partial charge in [0.15, 0.2) is 0 Å². The van der Waals surface area contributed by atoms with Gasteiger partial charge in [-0.3, -0.25) is 14.3 Å². The van der Waals surface area contributed by atoms with Crippen LogP contribution < -0.4 is 9.46 Å². The number of fused-ring (bicyclic) bond motifs is 1. The maximum absolute atomic E-state index is 14.3. The molecule has 3 aromatic carbocycles. The SMILES string of the molecule is C[C@@H]1CCCCO[C@@H](CN(C)C(=O)c2ccccc2)[C@H](C)CN([C@H](C)CO)C(=O)c2cc(NS(=O)(=O)c3ccccc3)ccc2O1. The van der Waals surface area contributed by atoms with Gasteiger partial charge in [-0.1, -0.05) is 43.3 Å². The van der Waals surface area contributed by atoms with Crippen LogP contribution in [-0.2, 0) is 14.8 Å². The molecule has 0 bridgehead atoms. The lowest BCUT2D eigenvalue weighted by molar-refractivity contribution is -0.0149. The van der Waals surface area contributed by atoms with Crippen LogP contribution in [0.1, 0.15) is 60.7 Å². The van der Waals surface area contributed by atoms with Gasteiger partial charge in [0.05, 0.1) is 35.3 Å². The zero-order chi connectivity index (χ0) is 33.3. The molecule has 0 fully saturated rings. The van der Waals surface area contributed by atoms with Crippen molar-refractivity contribution >= 4 is 27.5 Å². The van der Waals surface area contributed by atoms with Crippen molar-refractivity contribution in [1.82, 2.24) is 9.80 Å². The second kappa shape index (κ2) is 16.1. The molecule has 0 radical (unpaired) electrons. The normalized spacial score (nSPS) is 20.5.